The molecule has 0 aromatic heterocycles. The van der Waals surface area contributed by atoms with E-state index in [1.54, 1.807) is 0 Å². The Morgan fingerprint density at radius 1 is 1.31 bits per heavy atom. The fourth-order valence-corrected chi connectivity index (χ4v) is 3.76. The largest absolute Gasteiger partial charge is 0.478 e. The Labute approximate surface area is 167 Å². The van der Waals surface area contributed by atoms with Gasteiger partial charge in [-0.3, -0.25) is 10.1 Å². The first-order chi connectivity index (χ1) is 13.5. The van der Waals surface area contributed by atoms with Crippen LogP contribution in [0.3, 0.4) is 0 Å². The van der Waals surface area contributed by atoms with Crippen molar-refractivity contribution in [3.63, 3.8) is 0 Å². The number of hydrogen-bond donors (Lipinski definition) is 1. The monoisotopic (exact) mass is 414 g/mol. The molecule has 0 unspecified atom stereocenters. The van der Waals surface area contributed by atoms with E-state index in [1.165, 1.54) is 6.07 Å². The van der Waals surface area contributed by atoms with Gasteiger partial charge >= 0.3 is 12.1 Å². The number of aliphatic carboxylic acids is 1. The predicted octanol–water partition coefficient (Wildman–Crippen LogP) is 5.42. The molecule has 0 radical (unpaired) electrons. The van der Waals surface area contributed by atoms with Gasteiger partial charge in [0.05, 0.1) is 10.5 Å². The van der Waals surface area contributed by atoms with Crippen molar-refractivity contribution in [3.05, 3.63) is 40.0 Å². The van der Waals surface area contributed by atoms with Gasteiger partial charge in [-0.15, -0.1) is 0 Å². The van der Waals surface area contributed by atoms with Gasteiger partial charge in [0.15, 0.2) is 0 Å². The summed E-state index contributed by atoms with van der Waals surface area (Å²) in [5.41, 5.74) is -2.14. The summed E-state index contributed by atoms with van der Waals surface area (Å²) in [7, 11) is 0. The molecule has 29 heavy (non-hydrogen) atoms. The van der Waals surface area contributed by atoms with Gasteiger partial charge in [-0.2, -0.15) is 13.2 Å². The van der Waals surface area contributed by atoms with Crippen LogP contribution in [-0.2, 0) is 4.79 Å². The number of nitro groups is 1. The number of carbonyl (C=O) groups is 1. The number of nitrogens with zero attached hydrogens (tertiary/aromatic N) is 2. The zero-order chi connectivity index (χ0) is 21.8. The molecule has 1 aliphatic rings. The van der Waals surface area contributed by atoms with E-state index < -0.39 is 33.9 Å². The Bertz CT molecular complexity index is 784. The zero-order valence-corrected chi connectivity index (χ0v) is 16.4. The summed E-state index contributed by atoms with van der Waals surface area (Å²) in [5, 5.41) is 20.5. The van der Waals surface area contributed by atoms with Crippen LogP contribution in [0.5, 0.6) is 0 Å². The normalized spacial score (nSPS) is 16.1. The number of alkyl halides is 3. The summed E-state index contributed by atoms with van der Waals surface area (Å²) in [6.07, 6.45) is -0.0609. The Morgan fingerprint density at radius 2 is 1.93 bits per heavy atom. The van der Waals surface area contributed by atoms with Crippen LogP contribution in [0.2, 0.25) is 0 Å². The highest BCUT2D eigenvalue weighted by molar-refractivity contribution is 5.92. The molecule has 1 fully saturated rings. The molecule has 2 rings (SSSR count). The average molecular weight is 414 g/mol. The number of anilines is 1. The molecule has 1 aromatic carbocycles. The number of halogens is 3. The van der Waals surface area contributed by atoms with E-state index in [-0.39, 0.29) is 23.7 Å². The Hall–Kier alpha value is -2.58. The van der Waals surface area contributed by atoms with Gasteiger partial charge < -0.3 is 10.0 Å². The molecule has 1 N–H and O–H groups in total. The van der Waals surface area contributed by atoms with Crippen LogP contribution in [0.15, 0.2) is 24.3 Å². The smallest absolute Gasteiger partial charge is 0.417 e. The Balaban J connectivity index is 2.57. The van der Waals surface area contributed by atoms with Gasteiger partial charge in [0.2, 0.25) is 0 Å². The van der Waals surface area contributed by atoms with E-state index in [2.05, 4.69) is 0 Å². The van der Waals surface area contributed by atoms with Crippen molar-refractivity contribution in [2.24, 2.45) is 5.92 Å². The molecule has 1 aliphatic carbocycles. The third-order valence-electron chi connectivity index (χ3n) is 4.94. The quantitative estimate of drug-likeness (QED) is 0.366. The number of nitro benzene ring substituents is 1. The predicted molar refractivity (Wildman–Crippen MR) is 104 cm³/mol. The van der Waals surface area contributed by atoms with Crippen molar-refractivity contribution in [2.75, 3.05) is 11.4 Å². The number of rotatable bonds is 7. The third-order valence-corrected chi connectivity index (χ3v) is 4.94. The van der Waals surface area contributed by atoms with Crippen LogP contribution in [0.25, 0.3) is 5.57 Å². The minimum atomic E-state index is -4.95. The Morgan fingerprint density at radius 3 is 2.41 bits per heavy atom. The fourth-order valence-electron chi connectivity index (χ4n) is 3.76. The summed E-state index contributed by atoms with van der Waals surface area (Å²) in [6.45, 7) is 4.50. The van der Waals surface area contributed by atoms with Crippen LogP contribution in [0, 0.1) is 16.0 Å². The molecule has 0 aliphatic heterocycles. The second kappa shape index (κ2) is 9.28. The topological polar surface area (TPSA) is 83.7 Å². The average Bonchev–Trinajstić information content (AvgIpc) is 2.63. The summed E-state index contributed by atoms with van der Waals surface area (Å²) < 4.78 is 39.9. The summed E-state index contributed by atoms with van der Waals surface area (Å²) >= 11 is 0. The fraction of sp³-hybridized carbons (Fsp3) is 0.550. The van der Waals surface area contributed by atoms with E-state index >= 15 is 0 Å². The third kappa shape index (κ3) is 5.95. The lowest BCUT2D eigenvalue weighted by Gasteiger charge is -2.37. The minimum absolute atomic E-state index is 0.0335. The van der Waals surface area contributed by atoms with Gasteiger partial charge in [-0.25, -0.2) is 4.79 Å². The summed E-state index contributed by atoms with van der Waals surface area (Å²) in [4.78, 5) is 23.8. The van der Waals surface area contributed by atoms with E-state index in [1.807, 2.05) is 18.7 Å². The molecule has 0 saturated heterocycles. The number of hydrogen-bond acceptors (Lipinski definition) is 4. The van der Waals surface area contributed by atoms with E-state index in [0.717, 1.165) is 44.2 Å². The van der Waals surface area contributed by atoms with Crippen molar-refractivity contribution < 1.29 is 28.0 Å². The second-order valence-electron chi connectivity index (χ2n) is 7.69. The molecule has 6 nitrogen and oxygen atoms in total. The Kier molecular flexibility index (Phi) is 7.26. The van der Waals surface area contributed by atoms with E-state index in [4.69, 9.17) is 5.11 Å². The minimum Gasteiger partial charge on any atom is -0.478 e. The molecular weight excluding hydrogens is 389 g/mol. The first-order valence-corrected chi connectivity index (χ1v) is 9.58. The van der Waals surface area contributed by atoms with Crippen molar-refractivity contribution in [1.82, 2.24) is 0 Å². The molecule has 160 valence electrons. The molecule has 0 amide bonds. The molecule has 0 bridgehead atoms. The number of benzene rings is 1. The van der Waals surface area contributed by atoms with Gasteiger partial charge in [0, 0.05) is 24.7 Å². The maximum Gasteiger partial charge on any atom is 0.417 e. The molecule has 1 aromatic rings. The SMILES string of the molecule is CC(C)CN(c1ccc(/C(=C\C(=O)O)C(F)(F)F)cc1[N+](=O)[O-])C1CCCCC1. The second-order valence-corrected chi connectivity index (χ2v) is 7.69. The van der Waals surface area contributed by atoms with Crippen LogP contribution in [0.1, 0.15) is 51.5 Å². The highest BCUT2D eigenvalue weighted by Gasteiger charge is 2.37. The highest BCUT2D eigenvalue weighted by atomic mass is 19.4. The lowest BCUT2D eigenvalue weighted by atomic mass is 9.92. The number of carboxylic acid groups (broad SMARTS) is 1. The molecule has 9 heteroatoms. The van der Waals surface area contributed by atoms with Gasteiger partial charge in [0.25, 0.3) is 5.69 Å². The molecule has 1 saturated carbocycles. The van der Waals surface area contributed by atoms with Gasteiger partial charge in [0.1, 0.15) is 5.69 Å². The summed E-state index contributed by atoms with van der Waals surface area (Å²) in [5.74, 6) is -1.57. The van der Waals surface area contributed by atoms with Crippen molar-refractivity contribution in [3.8, 4) is 0 Å². The first-order valence-electron chi connectivity index (χ1n) is 9.58. The number of carboxylic acids is 1. The van der Waals surface area contributed by atoms with Crippen LogP contribution in [0.4, 0.5) is 24.5 Å². The maximum atomic E-state index is 13.3. The molecule has 0 heterocycles. The van der Waals surface area contributed by atoms with Gasteiger partial charge in [-0.1, -0.05) is 39.2 Å². The molecule has 0 atom stereocenters. The standard InChI is InChI=1S/C20H25F3N2O4/c1-13(2)12-24(15-6-4-3-5-7-15)17-9-8-14(10-18(17)25(28)29)16(11-19(26)27)20(21,22)23/h8-11,13,15H,3-7,12H2,1-2H3,(H,26,27)/b16-11+. The van der Waals surface area contributed by atoms with E-state index in [0.29, 0.717) is 6.54 Å². The van der Waals surface area contributed by atoms with Crippen LogP contribution < -0.4 is 4.90 Å². The molecular formula is C20H25F3N2O4. The summed E-state index contributed by atoms with van der Waals surface area (Å²) in [6, 6.07) is 3.34. The lowest BCUT2D eigenvalue weighted by Crippen LogP contribution is -2.39. The first kappa shape index (κ1) is 22.7. The van der Waals surface area contributed by atoms with E-state index in [9.17, 15) is 28.1 Å². The lowest BCUT2D eigenvalue weighted by molar-refractivity contribution is -0.384. The van der Waals surface area contributed by atoms with Crippen molar-refractivity contribution in [2.45, 2.75) is 58.2 Å². The van der Waals surface area contributed by atoms with Crippen molar-refractivity contribution >= 4 is 22.9 Å². The van der Waals surface area contributed by atoms with Gasteiger partial charge in [-0.05, 0) is 30.4 Å². The van der Waals surface area contributed by atoms with Crippen molar-refractivity contribution in [1.29, 1.82) is 0 Å². The number of allylic oxidation sites excluding steroid dienone is 1. The van der Waals surface area contributed by atoms with Crippen LogP contribution >= 0.6 is 0 Å². The highest BCUT2D eigenvalue weighted by Crippen LogP contribution is 2.40. The zero-order valence-electron chi connectivity index (χ0n) is 16.4. The maximum absolute atomic E-state index is 13.3. The van der Waals surface area contributed by atoms with Crippen LogP contribution in [-0.4, -0.2) is 34.8 Å². The molecule has 0 spiro atoms.